The lowest BCUT2D eigenvalue weighted by molar-refractivity contribution is 0.317. The van der Waals surface area contributed by atoms with Gasteiger partial charge in [0.05, 0.1) is 16.7 Å². The first-order valence-corrected chi connectivity index (χ1v) is 6.73. The number of hydrogen-bond acceptors (Lipinski definition) is 2. The number of benzene rings is 1. The first-order valence-electron chi connectivity index (χ1n) is 5.97. The van der Waals surface area contributed by atoms with Gasteiger partial charge in [-0.05, 0) is 30.5 Å². The SMILES string of the molecule is CCCOc1c(Cl)cc(C(N)CCC)cc1Cl. The van der Waals surface area contributed by atoms with Crippen molar-refractivity contribution in [3.05, 3.63) is 27.7 Å². The molecule has 96 valence electrons. The molecule has 0 saturated heterocycles. The first-order chi connectivity index (χ1) is 8.10. The quantitative estimate of drug-likeness (QED) is 0.825. The molecular weight excluding hydrogens is 257 g/mol. The van der Waals surface area contributed by atoms with Crippen LogP contribution in [0.15, 0.2) is 12.1 Å². The van der Waals surface area contributed by atoms with E-state index in [2.05, 4.69) is 6.92 Å². The van der Waals surface area contributed by atoms with E-state index in [1.165, 1.54) is 0 Å². The van der Waals surface area contributed by atoms with Crippen molar-refractivity contribution in [2.45, 2.75) is 39.2 Å². The highest BCUT2D eigenvalue weighted by Crippen LogP contribution is 2.36. The fourth-order valence-electron chi connectivity index (χ4n) is 1.61. The summed E-state index contributed by atoms with van der Waals surface area (Å²) in [5, 5.41) is 1.07. The third kappa shape index (κ3) is 4.06. The molecule has 0 heterocycles. The summed E-state index contributed by atoms with van der Waals surface area (Å²) in [6, 6.07) is 3.67. The molecule has 4 heteroatoms. The molecule has 0 aliphatic carbocycles. The molecule has 1 aromatic carbocycles. The van der Waals surface area contributed by atoms with Gasteiger partial charge in [0.2, 0.25) is 0 Å². The number of nitrogens with two attached hydrogens (primary N) is 1. The Morgan fingerprint density at radius 1 is 1.18 bits per heavy atom. The molecule has 0 aliphatic heterocycles. The Hall–Kier alpha value is -0.440. The number of rotatable bonds is 6. The Bertz CT molecular complexity index is 345. The van der Waals surface area contributed by atoms with Crippen molar-refractivity contribution < 1.29 is 4.74 Å². The van der Waals surface area contributed by atoms with E-state index in [1.54, 1.807) is 0 Å². The second-order valence-corrected chi connectivity index (χ2v) is 4.87. The summed E-state index contributed by atoms with van der Waals surface area (Å²) in [4.78, 5) is 0. The highest BCUT2D eigenvalue weighted by atomic mass is 35.5. The van der Waals surface area contributed by atoms with E-state index in [0.717, 1.165) is 24.8 Å². The maximum Gasteiger partial charge on any atom is 0.156 e. The molecule has 0 amide bonds. The van der Waals surface area contributed by atoms with E-state index in [0.29, 0.717) is 22.4 Å². The fourth-order valence-corrected chi connectivity index (χ4v) is 2.23. The van der Waals surface area contributed by atoms with Crippen LogP contribution in [-0.4, -0.2) is 6.61 Å². The molecule has 1 aromatic rings. The Kier molecular flexibility index (Phi) is 6.10. The largest absolute Gasteiger partial charge is 0.490 e. The minimum Gasteiger partial charge on any atom is -0.490 e. The normalized spacial score (nSPS) is 12.5. The Balaban J connectivity index is 2.92. The highest BCUT2D eigenvalue weighted by Gasteiger charge is 2.13. The molecule has 17 heavy (non-hydrogen) atoms. The maximum absolute atomic E-state index is 6.15. The minimum absolute atomic E-state index is 0.0183. The third-order valence-corrected chi connectivity index (χ3v) is 3.06. The molecule has 1 atom stereocenters. The maximum atomic E-state index is 6.15. The predicted molar refractivity (Wildman–Crippen MR) is 74.1 cm³/mol. The molecule has 1 rings (SSSR count). The molecule has 0 radical (unpaired) electrons. The van der Waals surface area contributed by atoms with Crippen LogP contribution in [0.4, 0.5) is 0 Å². The van der Waals surface area contributed by atoms with Gasteiger partial charge in [0.15, 0.2) is 5.75 Å². The highest BCUT2D eigenvalue weighted by molar-refractivity contribution is 6.37. The standard InChI is InChI=1S/C13H19Cl2NO/c1-3-5-12(16)9-7-10(14)13(11(15)8-9)17-6-4-2/h7-8,12H,3-6,16H2,1-2H3. The average Bonchev–Trinajstić information content (AvgIpc) is 2.28. The summed E-state index contributed by atoms with van der Waals surface area (Å²) < 4.78 is 5.51. The molecule has 0 saturated carbocycles. The van der Waals surface area contributed by atoms with Crippen molar-refractivity contribution in [2.24, 2.45) is 5.73 Å². The lowest BCUT2D eigenvalue weighted by atomic mass is 10.0. The minimum atomic E-state index is -0.0183. The van der Waals surface area contributed by atoms with Gasteiger partial charge >= 0.3 is 0 Å². The van der Waals surface area contributed by atoms with Crippen LogP contribution in [0.2, 0.25) is 10.0 Å². The Morgan fingerprint density at radius 2 is 1.76 bits per heavy atom. The van der Waals surface area contributed by atoms with Gasteiger partial charge in [-0.25, -0.2) is 0 Å². The summed E-state index contributed by atoms with van der Waals surface area (Å²) >= 11 is 12.3. The lowest BCUT2D eigenvalue weighted by Gasteiger charge is -2.15. The summed E-state index contributed by atoms with van der Waals surface area (Å²) in [7, 11) is 0. The second kappa shape index (κ2) is 7.10. The molecule has 0 aliphatic rings. The van der Waals surface area contributed by atoms with Crippen LogP contribution in [0.1, 0.15) is 44.7 Å². The zero-order valence-corrected chi connectivity index (χ0v) is 11.8. The van der Waals surface area contributed by atoms with Crippen molar-refractivity contribution in [3.8, 4) is 5.75 Å². The number of ether oxygens (including phenoxy) is 1. The van der Waals surface area contributed by atoms with Crippen LogP contribution >= 0.6 is 23.2 Å². The van der Waals surface area contributed by atoms with Gasteiger partial charge in [-0.3, -0.25) is 0 Å². The Labute approximate surface area is 113 Å². The van der Waals surface area contributed by atoms with Crippen LogP contribution in [-0.2, 0) is 0 Å². The molecule has 1 unspecified atom stereocenters. The lowest BCUT2D eigenvalue weighted by Crippen LogP contribution is -2.10. The van der Waals surface area contributed by atoms with Gasteiger partial charge in [0.1, 0.15) is 0 Å². The molecule has 0 aromatic heterocycles. The smallest absolute Gasteiger partial charge is 0.156 e. The van der Waals surface area contributed by atoms with Gasteiger partial charge in [0, 0.05) is 6.04 Å². The van der Waals surface area contributed by atoms with Crippen LogP contribution in [0.5, 0.6) is 5.75 Å². The zero-order valence-electron chi connectivity index (χ0n) is 10.3. The van der Waals surface area contributed by atoms with Crippen molar-refractivity contribution in [1.82, 2.24) is 0 Å². The van der Waals surface area contributed by atoms with Gasteiger partial charge in [-0.15, -0.1) is 0 Å². The third-order valence-electron chi connectivity index (χ3n) is 2.50. The second-order valence-electron chi connectivity index (χ2n) is 4.06. The molecule has 0 fully saturated rings. The van der Waals surface area contributed by atoms with Crippen molar-refractivity contribution >= 4 is 23.2 Å². The summed E-state index contributed by atoms with van der Waals surface area (Å²) in [6.07, 6.45) is 2.87. The zero-order chi connectivity index (χ0) is 12.8. The van der Waals surface area contributed by atoms with Gasteiger partial charge in [0.25, 0.3) is 0 Å². The van der Waals surface area contributed by atoms with E-state index >= 15 is 0 Å². The fraction of sp³-hybridized carbons (Fsp3) is 0.538. The van der Waals surface area contributed by atoms with Crippen molar-refractivity contribution in [2.75, 3.05) is 6.61 Å². The molecular formula is C13H19Cl2NO. The number of hydrogen-bond donors (Lipinski definition) is 1. The van der Waals surface area contributed by atoms with E-state index in [4.69, 9.17) is 33.7 Å². The van der Waals surface area contributed by atoms with E-state index in [-0.39, 0.29) is 6.04 Å². The molecule has 2 N–H and O–H groups in total. The van der Waals surface area contributed by atoms with Crippen LogP contribution in [0, 0.1) is 0 Å². The molecule has 2 nitrogen and oxygen atoms in total. The summed E-state index contributed by atoms with van der Waals surface area (Å²) in [5.41, 5.74) is 7.00. The first kappa shape index (κ1) is 14.6. The topological polar surface area (TPSA) is 35.2 Å². The van der Waals surface area contributed by atoms with Gasteiger partial charge in [-0.2, -0.15) is 0 Å². The number of halogens is 2. The monoisotopic (exact) mass is 275 g/mol. The van der Waals surface area contributed by atoms with Crippen LogP contribution < -0.4 is 10.5 Å². The van der Waals surface area contributed by atoms with E-state index in [1.807, 2.05) is 19.1 Å². The van der Waals surface area contributed by atoms with E-state index in [9.17, 15) is 0 Å². The Morgan fingerprint density at radius 3 is 2.24 bits per heavy atom. The predicted octanol–water partition coefficient (Wildman–Crippen LogP) is 4.58. The van der Waals surface area contributed by atoms with Crippen LogP contribution in [0.3, 0.4) is 0 Å². The molecule has 0 bridgehead atoms. The van der Waals surface area contributed by atoms with E-state index < -0.39 is 0 Å². The summed E-state index contributed by atoms with van der Waals surface area (Å²) in [6.45, 7) is 4.74. The van der Waals surface area contributed by atoms with Gasteiger partial charge in [-0.1, -0.05) is 43.5 Å². The molecule has 0 spiro atoms. The van der Waals surface area contributed by atoms with Crippen LogP contribution in [0.25, 0.3) is 0 Å². The average molecular weight is 276 g/mol. The summed E-state index contributed by atoms with van der Waals surface area (Å²) in [5.74, 6) is 0.558. The van der Waals surface area contributed by atoms with Crippen molar-refractivity contribution in [3.63, 3.8) is 0 Å². The van der Waals surface area contributed by atoms with Gasteiger partial charge < -0.3 is 10.5 Å². The van der Waals surface area contributed by atoms with Crippen molar-refractivity contribution in [1.29, 1.82) is 0 Å².